The fourth-order valence-corrected chi connectivity index (χ4v) is 2.90. The summed E-state index contributed by atoms with van der Waals surface area (Å²) >= 11 is 0. The van der Waals surface area contributed by atoms with Crippen LogP contribution in [0.5, 0.6) is 0 Å². The minimum atomic E-state index is 0.727. The first-order valence-corrected chi connectivity index (χ1v) is 6.28. The molecule has 1 heteroatoms. The predicted octanol–water partition coefficient (Wildman–Crippen LogP) is 3.05. The van der Waals surface area contributed by atoms with Crippen LogP contribution in [-0.4, -0.2) is 6.04 Å². The van der Waals surface area contributed by atoms with Gasteiger partial charge in [0.2, 0.25) is 0 Å². The van der Waals surface area contributed by atoms with Crippen molar-refractivity contribution < 1.29 is 0 Å². The molecule has 0 saturated heterocycles. The van der Waals surface area contributed by atoms with Gasteiger partial charge in [-0.15, -0.1) is 0 Å². The lowest BCUT2D eigenvalue weighted by Gasteiger charge is -2.40. The quantitative estimate of drug-likeness (QED) is 0.761. The topological polar surface area (TPSA) is 12.0 Å². The van der Waals surface area contributed by atoms with E-state index in [0.29, 0.717) is 0 Å². The maximum Gasteiger partial charge on any atom is 0.0208 e. The molecule has 84 valence electrons. The summed E-state index contributed by atoms with van der Waals surface area (Å²) < 4.78 is 0. The summed E-state index contributed by atoms with van der Waals surface area (Å²) in [6, 6.07) is 9.56. The zero-order valence-corrected chi connectivity index (χ0v) is 9.82. The number of hydrogen-bond acceptors (Lipinski definition) is 1. The first-order chi connectivity index (χ1) is 7.83. The molecule has 1 N–H and O–H groups in total. The molecule has 16 heavy (non-hydrogen) atoms. The van der Waals surface area contributed by atoms with Gasteiger partial charge in [0.1, 0.15) is 0 Å². The summed E-state index contributed by atoms with van der Waals surface area (Å²) in [5.41, 5.74) is 2.74. The normalized spacial score (nSPS) is 31.2. The third-order valence-corrected chi connectivity index (χ3v) is 4.05. The van der Waals surface area contributed by atoms with Crippen molar-refractivity contribution in [3.8, 4) is 0 Å². The standard InChI is InChI=1S/C15H19N/c1-11-5-7-12(8-6-11)10-16-15-9-13-3-2-4-14(13)15/h2,4-8,13-16H,3,9-10H2,1H3. The van der Waals surface area contributed by atoms with Gasteiger partial charge >= 0.3 is 0 Å². The van der Waals surface area contributed by atoms with E-state index in [2.05, 4.69) is 48.7 Å². The van der Waals surface area contributed by atoms with Crippen LogP contribution in [0.25, 0.3) is 0 Å². The van der Waals surface area contributed by atoms with Gasteiger partial charge in [-0.05, 0) is 37.2 Å². The summed E-state index contributed by atoms with van der Waals surface area (Å²) in [6.07, 6.45) is 7.43. The molecule has 1 nitrogen and oxygen atoms in total. The van der Waals surface area contributed by atoms with Crippen molar-refractivity contribution in [2.75, 3.05) is 0 Å². The van der Waals surface area contributed by atoms with E-state index in [4.69, 9.17) is 0 Å². The Balaban J connectivity index is 1.53. The second kappa shape index (κ2) is 4.06. The summed E-state index contributed by atoms with van der Waals surface area (Å²) in [7, 11) is 0. The zero-order valence-electron chi connectivity index (χ0n) is 9.82. The maximum absolute atomic E-state index is 3.68. The van der Waals surface area contributed by atoms with E-state index in [1.54, 1.807) is 0 Å². The van der Waals surface area contributed by atoms with Gasteiger partial charge in [-0.1, -0.05) is 42.0 Å². The first kappa shape index (κ1) is 10.1. The molecule has 1 aromatic carbocycles. The lowest BCUT2D eigenvalue weighted by atomic mass is 9.71. The molecule has 0 aliphatic heterocycles. The smallest absolute Gasteiger partial charge is 0.0208 e. The second-order valence-corrected chi connectivity index (χ2v) is 5.21. The van der Waals surface area contributed by atoms with Crippen molar-refractivity contribution in [2.45, 2.75) is 32.4 Å². The highest BCUT2D eigenvalue weighted by Gasteiger charge is 2.40. The molecule has 3 rings (SSSR count). The molecule has 1 aromatic rings. The molecule has 1 fully saturated rings. The monoisotopic (exact) mass is 213 g/mol. The number of allylic oxidation sites excluding steroid dienone is 1. The third kappa shape index (κ3) is 1.80. The molecule has 3 atom stereocenters. The van der Waals surface area contributed by atoms with Gasteiger partial charge in [0.25, 0.3) is 0 Å². The second-order valence-electron chi connectivity index (χ2n) is 5.21. The van der Waals surface area contributed by atoms with Gasteiger partial charge in [0.05, 0.1) is 0 Å². The van der Waals surface area contributed by atoms with E-state index in [0.717, 1.165) is 24.4 Å². The number of hydrogen-bond donors (Lipinski definition) is 1. The molecule has 0 amide bonds. The molecule has 0 radical (unpaired) electrons. The Bertz CT molecular complexity index is 390. The van der Waals surface area contributed by atoms with Crippen LogP contribution < -0.4 is 5.32 Å². The van der Waals surface area contributed by atoms with Crippen molar-refractivity contribution in [3.63, 3.8) is 0 Å². The predicted molar refractivity (Wildman–Crippen MR) is 67.2 cm³/mol. The van der Waals surface area contributed by atoms with Crippen LogP contribution in [0.3, 0.4) is 0 Å². The molecular formula is C15H19N. The van der Waals surface area contributed by atoms with E-state index in [-0.39, 0.29) is 0 Å². The van der Waals surface area contributed by atoms with Gasteiger partial charge < -0.3 is 5.32 Å². The van der Waals surface area contributed by atoms with Gasteiger partial charge in [0.15, 0.2) is 0 Å². The van der Waals surface area contributed by atoms with Crippen LogP contribution >= 0.6 is 0 Å². The van der Waals surface area contributed by atoms with Gasteiger partial charge in [-0.2, -0.15) is 0 Å². The Kier molecular flexibility index (Phi) is 2.56. The molecule has 1 saturated carbocycles. The SMILES string of the molecule is Cc1ccc(CNC2CC3CC=CC32)cc1. The molecule has 0 bridgehead atoms. The van der Waals surface area contributed by atoms with Crippen molar-refractivity contribution in [2.24, 2.45) is 11.8 Å². The van der Waals surface area contributed by atoms with Crippen molar-refractivity contribution in [3.05, 3.63) is 47.5 Å². The lowest BCUT2D eigenvalue weighted by Crippen LogP contribution is -2.47. The Morgan fingerprint density at radius 2 is 2.06 bits per heavy atom. The third-order valence-electron chi connectivity index (χ3n) is 4.05. The van der Waals surface area contributed by atoms with Crippen LogP contribution in [0.1, 0.15) is 24.0 Å². The Hall–Kier alpha value is -1.08. The molecular weight excluding hydrogens is 194 g/mol. The number of rotatable bonds is 3. The molecule has 0 spiro atoms. The number of nitrogens with one attached hydrogen (secondary N) is 1. The minimum absolute atomic E-state index is 0.727. The highest BCUT2D eigenvalue weighted by Crippen LogP contribution is 2.42. The van der Waals surface area contributed by atoms with E-state index in [1.807, 2.05) is 0 Å². The summed E-state index contributed by atoms with van der Waals surface area (Å²) in [5.74, 6) is 1.78. The summed E-state index contributed by atoms with van der Waals surface area (Å²) in [5, 5.41) is 3.68. The van der Waals surface area contributed by atoms with Crippen LogP contribution in [0.4, 0.5) is 0 Å². The molecule has 2 aliphatic carbocycles. The van der Waals surface area contributed by atoms with Gasteiger partial charge in [-0.25, -0.2) is 0 Å². The Morgan fingerprint density at radius 1 is 1.25 bits per heavy atom. The molecule has 2 aliphatic rings. The van der Waals surface area contributed by atoms with E-state index in [9.17, 15) is 0 Å². The Morgan fingerprint density at radius 3 is 2.81 bits per heavy atom. The van der Waals surface area contributed by atoms with E-state index >= 15 is 0 Å². The first-order valence-electron chi connectivity index (χ1n) is 6.28. The zero-order chi connectivity index (χ0) is 11.0. The summed E-state index contributed by atoms with van der Waals surface area (Å²) in [6.45, 7) is 3.15. The van der Waals surface area contributed by atoms with E-state index < -0.39 is 0 Å². The number of aryl methyl sites for hydroxylation is 1. The average Bonchev–Trinajstić information content (AvgIpc) is 2.63. The average molecular weight is 213 g/mol. The van der Waals surface area contributed by atoms with Crippen molar-refractivity contribution >= 4 is 0 Å². The fourth-order valence-electron chi connectivity index (χ4n) is 2.90. The molecule has 3 unspecified atom stereocenters. The molecule has 0 aromatic heterocycles. The summed E-state index contributed by atoms with van der Waals surface area (Å²) in [4.78, 5) is 0. The lowest BCUT2D eigenvalue weighted by molar-refractivity contribution is 0.162. The fraction of sp³-hybridized carbons (Fsp3) is 0.467. The van der Waals surface area contributed by atoms with Crippen LogP contribution in [0, 0.1) is 18.8 Å². The van der Waals surface area contributed by atoms with Crippen LogP contribution in [-0.2, 0) is 6.54 Å². The highest BCUT2D eigenvalue weighted by atomic mass is 14.9. The largest absolute Gasteiger partial charge is 0.309 e. The van der Waals surface area contributed by atoms with E-state index in [1.165, 1.54) is 24.0 Å². The van der Waals surface area contributed by atoms with Crippen LogP contribution in [0.2, 0.25) is 0 Å². The van der Waals surface area contributed by atoms with Crippen molar-refractivity contribution in [1.82, 2.24) is 5.32 Å². The van der Waals surface area contributed by atoms with Gasteiger partial charge in [0, 0.05) is 12.6 Å². The minimum Gasteiger partial charge on any atom is -0.309 e. The van der Waals surface area contributed by atoms with Crippen LogP contribution in [0.15, 0.2) is 36.4 Å². The van der Waals surface area contributed by atoms with Crippen molar-refractivity contribution in [1.29, 1.82) is 0 Å². The number of benzene rings is 1. The molecule has 0 heterocycles. The number of fused-ring (bicyclic) bond motifs is 1. The highest BCUT2D eigenvalue weighted by molar-refractivity contribution is 5.21. The Labute approximate surface area is 97.6 Å². The van der Waals surface area contributed by atoms with Gasteiger partial charge in [-0.3, -0.25) is 0 Å². The maximum atomic E-state index is 3.68.